The molecule has 0 aromatic heterocycles. The van der Waals surface area contributed by atoms with Gasteiger partial charge >= 0.3 is 0 Å². The zero-order valence-corrected chi connectivity index (χ0v) is 14.6. The Morgan fingerprint density at radius 3 is 2.44 bits per heavy atom. The Morgan fingerprint density at radius 2 is 1.78 bits per heavy atom. The van der Waals surface area contributed by atoms with Crippen molar-refractivity contribution in [2.45, 2.75) is 5.33 Å². The molecule has 94 valence electrons. The standard InChI is InChI=1S/C13H8Br3ClO/c14-7-8-1-4-12(10(16)5-8)18-13-6-9(15)2-3-11(13)17/h1-6H,7H2. The lowest BCUT2D eigenvalue weighted by molar-refractivity contribution is 0.479. The summed E-state index contributed by atoms with van der Waals surface area (Å²) in [6, 6.07) is 11.4. The molecular weight excluding hydrogens is 447 g/mol. The van der Waals surface area contributed by atoms with Gasteiger partial charge in [0, 0.05) is 9.80 Å². The molecule has 0 spiro atoms. The maximum Gasteiger partial charge on any atom is 0.147 e. The van der Waals surface area contributed by atoms with Crippen LogP contribution in [-0.2, 0) is 5.33 Å². The van der Waals surface area contributed by atoms with Crippen LogP contribution in [0.3, 0.4) is 0 Å². The highest BCUT2D eigenvalue weighted by atomic mass is 79.9. The van der Waals surface area contributed by atoms with Crippen LogP contribution in [0, 0.1) is 0 Å². The third kappa shape index (κ3) is 3.50. The molecule has 2 aromatic carbocycles. The molecule has 0 aliphatic heterocycles. The fourth-order valence-corrected chi connectivity index (χ4v) is 2.74. The zero-order valence-electron chi connectivity index (χ0n) is 9.09. The highest BCUT2D eigenvalue weighted by molar-refractivity contribution is 9.11. The van der Waals surface area contributed by atoms with Crippen molar-refractivity contribution in [2.75, 3.05) is 0 Å². The van der Waals surface area contributed by atoms with E-state index in [9.17, 15) is 0 Å². The van der Waals surface area contributed by atoms with Gasteiger partial charge in [0.2, 0.25) is 0 Å². The molecule has 0 atom stereocenters. The number of hydrogen-bond acceptors (Lipinski definition) is 1. The predicted molar refractivity (Wildman–Crippen MR) is 86.0 cm³/mol. The first-order chi connectivity index (χ1) is 8.60. The van der Waals surface area contributed by atoms with Crippen LogP contribution in [0.5, 0.6) is 11.5 Å². The Labute approximate surface area is 136 Å². The number of ether oxygens (including phenoxy) is 1. The van der Waals surface area contributed by atoms with Gasteiger partial charge in [-0.2, -0.15) is 0 Å². The molecule has 0 fully saturated rings. The Hall–Kier alpha value is -0.0300. The van der Waals surface area contributed by atoms with E-state index < -0.39 is 0 Å². The summed E-state index contributed by atoms with van der Waals surface area (Å²) >= 11 is 16.4. The van der Waals surface area contributed by atoms with Crippen LogP contribution in [-0.4, -0.2) is 0 Å². The van der Waals surface area contributed by atoms with E-state index >= 15 is 0 Å². The number of rotatable bonds is 3. The second-order valence-electron chi connectivity index (χ2n) is 3.58. The SMILES string of the molecule is Clc1ccc(Br)cc1Oc1ccc(CBr)cc1Br. The Morgan fingerprint density at radius 1 is 1.00 bits per heavy atom. The van der Waals surface area contributed by atoms with Gasteiger partial charge < -0.3 is 4.74 Å². The van der Waals surface area contributed by atoms with Gasteiger partial charge in [0.15, 0.2) is 0 Å². The fourth-order valence-electron chi connectivity index (χ4n) is 1.38. The lowest BCUT2D eigenvalue weighted by Gasteiger charge is -2.10. The smallest absolute Gasteiger partial charge is 0.147 e. The minimum Gasteiger partial charge on any atom is -0.455 e. The Bertz CT molecular complexity index is 572. The summed E-state index contributed by atoms with van der Waals surface area (Å²) in [6.07, 6.45) is 0. The third-order valence-corrected chi connectivity index (χ3v) is 4.34. The van der Waals surface area contributed by atoms with E-state index in [1.165, 1.54) is 5.56 Å². The van der Waals surface area contributed by atoms with Gasteiger partial charge in [-0.1, -0.05) is 49.5 Å². The van der Waals surface area contributed by atoms with Crippen LogP contribution >= 0.6 is 59.4 Å². The third-order valence-electron chi connectivity index (χ3n) is 2.26. The maximum absolute atomic E-state index is 6.09. The lowest BCUT2D eigenvalue weighted by Crippen LogP contribution is -1.88. The van der Waals surface area contributed by atoms with Crippen molar-refractivity contribution in [2.24, 2.45) is 0 Å². The van der Waals surface area contributed by atoms with E-state index in [1.807, 2.05) is 30.3 Å². The van der Waals surface area contributed by atoms with Gasteiger partial charge in [-0.25, -0.2) is 0 Å². The van der Waals surface area contributed by atoms with Crippen molar-refractivity contribution >= 4 is 59.4 Å². The molecule has 0 aliphatic rings. The van der Waals surface area contributed by atoms with Gasteiger partial charge in [-0.3, -0.25) is 0 Å². The summed E-state index contributed by atoms with van der Waals surface area (Å²) in [6.45, 7) is 0. The zero-order chi connectivity index (χ0) is 13.1. The first kappa shape index (κ1) is 14.4. The van der Waals surface area contributed by atoms with E-state index in [1.54, 1.807) is 6.07 Å². The number of alkyl halides is 1. The molecule has 0 amide bonds. The summed E-state index contributed by atoms with van der Waals surface area (Å²) in [7, 11) is 0. The first-order valence-corrected chi connectivity index (χ1v) is 8.16. The van der Waals surface area contributed by atoms with Gasteiger partial charge in [0.25, 0.3) is 0 Å². The van der Waals surface area contributed by atoms with Gasteiger partial charge in [0.05, 0.1) is 9.50 Å². The lowest BCUT2D eigenvalue weighted by atomic mass is 10.2. The van der Waals surface area contributed by atoms with Crippen molar-refractivity contribution in [3.8, 4) is 11.5 Å². The van der Waals surface area contributed by atoms with Crippen LogP contribution < -0.4 is 4.74 Å². The summed E-state index contributed by atoms with van der Waals surface area (Å²) in [5, 5.41) is 1.39. The molecule has 5 heteroatoms. The van der Waals surface area contributed by atoms with E-state index in [4.69, 9.17) is 16.3 Å². The Kier molecular flexibility index (Phi) is 5.13. The quantitative estimate of drug-likeness (QED) is 0.477. The van der Waals surface area contributed by atoms with Gasteiger partial charge in [-0.05, 0) is 51.8 Å². The number of halogens is 4. The average Bonchev–Trinajstić information content (AvgIpc) is 2.36. The first-order valence-electron chi connectivity index (χ1n) is 5.07. The monoisotopic (exact) mass is 452 g/mol. The topological polar surface area (TPSA) is 9.23 Å². The molecule has 2 aromatic rings. The minimum atomic E-state index is 0.578. The summed E-state index contributed by atoms with van der Waals surface area (Å²) in [5.41, 5.74) is 1.18. The molecular formula is C13H8Br3ClO. The molecule has 18 heavy (non-hydrogen) atoms. The molecule has 0 heterocycles. The van der Waals surface area contributed by atoms with Crippen molar-refractivity contribution in [3.63, 3.8) is 0 Å². The number of hydrogen-bond donors (Lipinski definition) is 0. The second-order valence-corrected chi connectivity index (χ2v) is 6.31. The molecule has 0 bridgehead atoms. The molecule has 1 nitrogen and oxygen atoms in total. The molecule has 0 N–H and O–H groups in total. The number of benzene rings is 2. The van der Waals surface area contributed by atoms with Crippen molar-refractivity contribution in [1.82, 2.24) is 0 Å². The van der Waals surface area contributed by atoms with Gasteiger partial charge in [-0.15, -0.1) is 0 Å². The summed E-state index contributed by atoms with van der Waals surface area (Å²) in [5.74, 6) is 1.36. The van der Waals surface area contributed by atoms with Gasteiger partial charge in [0.1, 0.15) is 11.5 Å². The summed E-state index contributed by atoms with van der Waals surface area (Å²) in [4.78, 5) is 0. The van der Waals surface area contributed by atoms with E-state index in [0.29, 0.717) is 10.8 Å². The van der Waals surface area contributed by atoms with Crippen molar-refractivity contribution in [1.29, 1.82) is 0 Å². The molecule has 0 saturated carbocycles. The van der Waals surface area contributed by atoms with E-state index in [0.717, 1.165) is 20.0 Å². The molecule has 0 unspecified atom stereocenters. The Balaban J connectivity index is 2.31. The van der Waals surface area contributed by atoms with Crippen LogP contribution in [0.4, 0.5) is 0 Å². The average molecular weight is 455 g/mol. The largest absolute Gasteiger partial charge is 0.455 e. The molecule has 0 saturated heterocycles. The van der Waals surface area contributed by atoms with E-state index in [-0.39, 0.29) is 0 Å². The van der Waals surface area contributed by atoms with Crippen LogP contribution in [0.1, 0.15) is 5.56 Å². The van der Waals surface area contributed by atoms with Crippen LogP contribution in [0.25, 0.3) is 0 Å². The van der Waals surface area contributed by atoms with Crippen molar-refractivity contribution in [3.05, 3.63) is 55.9 Å². The van der Waals surface area contributed by atoms with E-state index in [2.05, 4.69) is 47.8 Å². The molecule has 0 aliphatic carbocycles. The highest BCUT2D eigenvalue weighted by Crippen LogP contribution is 2.35. The molecule has 2 rings (SSSR count). The minimum absolute atomic E-state index is 0.578. The maximum atomic E-state index is 6.09. The van der Waals surface area contributed by atoms with Crippen molar-refractivity contribution < 1.29 is 4.74 Å². The normalized spacial score (nSPS) is 10.4. The van der Waals surface area contributed by atoms with Crippen LogP contribution in [0.15, 0.2) is 45.3 Å². The second kappa shape index (κ2) is 6.42. The predicted octanol–water partition coefficient (Wildman–Crippen LogP) is 6.55. The molecule has 0 radical (unpaired) electrons. The summed E-state index contributed by atoms with van der Waals surface area (Å²) < 4.78 is 7.62. The van der Waals surface area contributed by atoms with Crippen LogP contribution in [0.2, 0.25) is 5.02 Å². The highest BCUT2D eigenvalue weighted by Gasteiger charge is 2.07. The fraction of sp³-hybridized carbons (Fsp3) is 0.0769.